The smallest absolute Gasteiger partial charge is 0.291 e. The Balaban J connectivity index is 2.13. The Morgan fingerprint density at radius 3 is 2.79 bits per heavy atom. The average Bonchev–Trinajstić information content (AvgIpc) is 2.69. The molecule has 3 rings (SSSR count). The van der Waals surface area contributed by atoms with Gasteiger partial charge in [-0.2, -0.15) is 4.74 Å². The molecule has 0 radical (unpaired) electrons. The highest BCUT2D eigenvalue weighted by Crippen LogP contribution is 2.22. The fraction of sp³-hybridized carbons (Fsp3) is 0.308. The maximum atomic E-state index is 12.2. The van der Waals surface area contributed by atoms with Crippen LogP contribution in [0.5, 0.6) is 0 Å². The number of carbonyl (C=O) groups is 2. The maximum absolute atomic E-state index is 12.2. The van der Waals surface area contributed by atoms with E-state index in [0.717, 1.165) is 10.3 Å². The highest BCUT2D eigenvalue weighted by molar-refractivity contribution is 5.99. The number of carbonyl (C=O) groups excluding carboxylic acids is 2. The summed E-state index contributed by atoms with van der Waals surface area (Å²) in [5, 5.41) is 2.67. The number of nitrogens with zero attached hydrogens (tertiary/aromatic N) is 1. The first-order valence-corrected chi connectivity index (χ1v) is 6.03. The van der Waals surface area contributed by atoms with Gasteiger partial charge in [0.1, 0.15) is 6.04 Å². The van der Waals surface area contributed by atoms with Crippen LogP contribution in [-0.2, 0) is 9.59 Å². The normalized spacial score (nSPS) is 19.7. The summed E-state index contributed by atoms with van der Waals surface area (Å²) in [6, 6.07) is 4.51. The molecule has 2 heterocycles. The summed E-state index contributed by atoms with van der Waals surface area (Å²) >= 11 is 0. The van der Waals surface area contributed by atoms with Crippen LogP contribution < -0.4 is 10.9 Å². The lowest BCUT2D eigenvalue weighted by Crippen LogP contribution is -2.43. The van der Waals surface area contributed by atoms with E-state index in [1.807, 2.05) is 13.0 Å². The number of hydrogen-bond donors (Lipinski definition) is 1. The van der Waals surface area contributed by atoms with Gasteiger partial charge in [-0.1, -0.05) is 12.1 Å². The van der Waals surface area contributed by atoms with Crippen molar-refractivity contribution in [3.8, 4) is 0 Å². The van der Waals surface area contributed by atoms with Gasteiger partial charge >= 0.3 is 0 Å². The average molecular weight is 260 g/mol. The lowest BCUT2D eigenvalue weighted by molar-refractivity contribution is -0.137. The van der Waals surface area contributed by atoms with Gasteiger partial charge in [0, 0.05) is 6.42 Å². The van der Waals surface area contributed by atoms with Crippen LogP contribution in [-0.4, -0.2) is 16.6 Å². The van der Waals surface area contributed by atoms with Crippen molar-refractivity contribution < 1.29 is 14.1 Å². The number of para-hydroxylation sites is 1. The Morgan fingerprint density at radius 2 is 2.11 bits per heavy atom. The van der Waals surface area contributed by atoms with E-state index in [0.29, 0.717) is 11.0 Å². The Labute approximate surface area is 108 Å². The second kappa shape index (κ2) is 4.08. The molecule has 0 spiro atoms. The Kier molecular flexibility index (Phi) is 2.51. The van der Waals surface area contributed by atoms with E-state index in [1.54, 1.807) is 12.1 Å². The molecule has 1 atom stereocenters. The highest BCUT2D eigenvalue weighted by Gasteiger charge is 2.31. The number of amides is 2. The Morgan fingerprint density at radius 1 is 1.32 bits per heavy atom. The first-order valence-electron chi connectivity index (χ1n) is 6.03. The highest BCUT2D eigenvalue weighted by atomic mass is 16.5. The number of imide groups is 1. The van der Waals surface area contributed by atoms with Crippen molar-refractivity contribution in [1.29, 1.82) is 0 Å². The van der Waals surface area contributed by atoms with Crippen molar-refractivity contribution in [1.82, 2.24) is 10.1 Å². The molecular weight excluding hydrogens is 248 g/mol. The van der Waals surface area contributed by atoms with E-state index in [2.05, 4.69) is 5.32 Å². The van der Waals surface area contributed by atoms with Gasteiger partial charge in [-0.25, -0.2) is 0 Å². The first-order chi connectivity index (χ1) is 9.08. The number of piperidine rings is 1. The predicted octanol–water partition coefficient (Wildman–Crippen LogP) is 0.881. The molecule has 2 aromatic rings. The molecule has 1 N–H and O–H groups in total. The number of aromatic nitrogens is 1. The van der Waals surface area contributed by atoms with Crippen LogP contribution >= 0.6 is 0 Å². The Hall–Kier alpha value is -2.37. The summed E-state index contributed by atoms with van der Waals surface area (Å²) in [4.78, 5) is 35.1. The number of fused-ring (bicyclic) bond motifs is 1. The van der Waals surface area contributed by atoms with Crippen molar-refractivity contribution in [2.75, 3.05) is 0 Å². The van der Waals surface area contributed by atoms with Gasteiger partial charge in [0.25, 0.3) is 11.5 Å². The number of aryl methyl sites for hydroxylation is 1. The molecule has 1 unspecified atom stereocenters. The fourth-order valence-corrected chi connectivity index (χ4v) is 2.31. The zero-order valence-corrected chi connectivity index (χ0v) is 10.3. The molecule has 98 valence electrons. The molecule has 1 aromatic heterocycles. The number of rotatable bonds is 1. The number of benzene rings is 1. The summed E-state index contributed by atoms with van der Waals surface area (Å²) < 4.78 is 6.58. The maximum Gasteiger partial charge on any atom is 0.291 e. The quantitative estimate of drug-likeness (QED) is 0.772. The van der Waals surface area contributed by atoms with E-state index in [-0.39, 0.29) is 24.3 Å². The van der Waals surface area contributed by atoms with Crippen LogP contribution in [0, 0.1) is 6.92 Å². The van der Waals surface area contributed by atoms with Crippen LogP contribution in [0.2, 0.25) is 0 Å². The lowest BCUT2D eigenvalue weighted by atomic mass is 10.1. The molecule has 0 saturated carbocycles. The summed E-state index contributed by atoms with van der Waals surface area (Å²) in [5.74, 6) is -0.809. The van der Waals surface area contributed by atoms with Gasteiger partial charge in [-0.05, 0) is 25.0 Å². The zero-order valence-electron chi connectivity index (χ0n) is 10.3. The second-order valence-electron chi connectivity index (χ2n) is 4.64. The summed E-state index contributed by atoms with van der Waals surface area (Å²) in [5.41, 5.74) is 0.978. The zero-order chi connectivity index (χ0) is 13.6. The lowest BCUT2D eigenvalue weighted by Gasteiger charge is -2.19. The molecule has 1 aliphatic heterocycles. The second-order valence-corrected chi connectivity index (χ2v) is 4.64. The minimum Gasteiger partial charge on any atom is -0.375 e. The van der Waals surface area contributed by atoms with Crippen molar-refractivity contribution in [2.45, 2.75) is 25.8 Å². The van der Waals surface area contributed by atoms with Crippen LogP contribution in [0.1, 0.15) is 24.4 Å². The fourth-order valence-electron chi connectivity index (χ4n) is 2.31. The summed E-state index contributed by atoms with van der Waals surface area (Å²) in [7, 11) is 0. The molecule has 19 heavy (non-hydrogen) atoms. The van der Waals surface area contributed by atoms with E-state index in [4.69, 9.17) is 4.52 Å². The van der Waals surface area contributed by atoms with Gasteiger partial charge in [-0.15, -0.1) is 0 Å². The number of hydrogen-bond acceptors (Lipinski definition) is 4. The largest absolute Gasteiger partial charge is 0.375 e. The molecule has 6 nitrogen and oxygen atoms in total. The van der Waals surface area contributed by atoms with Gasteiger partial charge in [0.15, 0.2) is 5.58 Å². The van der Waals surface area contributed by atoms with Crippen LogP contribution in [0.15, 0.2) is 27.5 Å². The Bertz CT molecular complexity index is 741. The van der Waals surface area contributed by atoms with Gasteiger partial charge < -0.3 is 4.52 Å². The van der Waals surface area contributed by atoms with Crippen LogP contribution in [0.4, 0.5) is 0 Å². The van der Waals surface area contributed by atoms with E-state index < -0.39 is 11.9 Å². The van der Waals surface area contributed by atoms with Crippen molar-refractivity contribution in [3.63, 3.8) is 0 Å². The van der Waals surface area contributed by atoms with E-state index in [1.165, 1.54) is 0 Å². The predicted molar refractivity (Wildman–Crippen MR) is 66.6 cm³/mol. The monoisotopic (exact) mass is 260 g/mol. The molecule has 2 amide bonds. The standard InChI is InChI=1S/C13H12N2O4/c1-7-3-2-4-8-11(7)19-15(13(8)18)9-5-6-10(16)14-12(9)17/h2-4,9H,5-6H2,1H3,(H,14,16,17). The SMILES string of the molecule is Cc1cccc2c(=O)n(C3CCC(=O)NC3=O)oc12. The van der Waals surface area contributed by atoms with Crippen LogP contribution in [0.3, 0.4) is 0 Å². The third kappa shape index (κ3) is 1.76. The molecule has 0 aliphatic carbocycles. The van der Waals surface area contributed by atoms with E-state index >= 15 is 0 Å². The third-order valence-electron chi connectivity index (χ3n) is 3.33. The molecule has 1 aromatic carbocycles. The van der Waals surface area contributed by atoms with Crippen molar-refractivity contribution >= 4 is 22.8 Å². The summed E-state index contributed by atoms with van der Waals surface area (Å²) in [6.45, 7) is 1.83. The van der Waals surface area contributed by atoms with E-state index in [9.17, 15) is 14.4 Å². The number of nitrogens with one attached hydrogen (secondary N) is 1. The molecule has 6 heteroatoms. The minimum atomic E-state index is -0.753. The summed E-state index contributed by atoms with van der Waals surface area (Å²) in [6.07, 6.45) is 0.488. The van der Waals surface area contributed by atoms with Gasteiger partial charge in [-0.3, -0.25) is 19.7 Å². The first kappa shape index (κ1) is 11.7. The molecule has 0 bridgehead atoms. The topological polar surface area (TPSA) is 81.3 Å². The van der Waals surface area contributed by atoms with Crippen molar-refractivity contribution in [2.24, 2.45) is 0 Å². The van der Waals surface area contributed by atoms with Crippen LogP contribution in [0.25, 0.3) is 11.0 Å². The van der Waals surface area contributed by atoms with Gasteiger partial charge in [0.05, 0.1) is 5.39 Å². The molecular formula is C13H12N2O4. The van der Waals surface area contributed by atoms with Gasteiger partial charge in [0.2, 0.25) is 5.91 Å². The molecule has 1 fully saturated rings. The minimum absolute atomic E-state index is 0.207. The molecule has 1 saturated heterocycles. The van der Waals surface area contributed by atoms with Crippen molar-refractivity contribution in [3.05, 3.63) is 34.1 Å². The molecule has 1 aliphatic rings. The third-order valence-corrected chi connectivity index (χ3v) is 3.33.